The molecule has 1 amide bonds. The molecule has 0 fully saturated rings. The summed E-state index contributed by atoms with van der Waals surface area (Å²) in [5.74, 6) is 0.00356. The number of nitrogens with zero attached hydrogens (tertiary/aromatic N) is 2. The van der Waals surface area contributed by atoms with E-state index in [1.165, 1.54) is 19.0 Å². The predicted octanol–water partition coefficient (Wildman–Crippen LogP) is 4.95. The number of hydrogen-bond acceptors (Lipinski definition) is 5. The largest absolute Gasteiger partial charge is 0.493 e. The van der Waals surface area contributed by atoms with Crippen LogP contribution in [0, 0.1) is 0 Å². The van der Waals surface area contributed by atoms with Gasteiger partial charge in [-0.3, -0.25) is 9.59 Å². The molecule has 0 bridgehead atoms. The van der Waals surface area contributed by atoms with Crippen molar-refractivity contribution in [1.82, 2.24) is 0 Å². The number of carbonyl (C=O) groups excluding carboxylic acids is 2. The summed E-state index contributed by atoms with van der Waals surface area (Å²) < 4.78 is 12.0. The Kier molecular flexibility index (Phi) is 6.00. The second kappa shape index (κ2) is 8.28. The van der Waals surface area contributed by atoms with Crippen molar-refractivity contribution in [2.75, 3.05) is 12.1 Å². The van der Waals surface area contributed by atoms with E-state index in [-0.39, 0.29) is 5.91 Å². The van der Waals surface area contributed by atoms with Gasteiger partial charge in [-0.15, -0.1) is 0 Å². The highest BCUT2D eigenvalue weighted by molar-refractivity contribution is 9.10. The third kappa shape index (κ3) is 4.18. The van der Waals surface area contributed by atoms with Crippen LogP contribution >= 0.6 is 31.9 Å². The normalized spacial score (nSPS) is 15.0. The summed E-state index contributed by atoms with van der Waals surface area (Å²) in [6.45, 7) is 3.10. The van der Waals surface area contributed by atoms with Gasteiger partial charge in [0, 0.05) is 15.9 Å². The lowest BCUT2D eigenvalue weighted by molar-refractivity contribution is -0.132. The molecule has 2 aromatic rings. The Bertz CT molecular complexity index is 1010. The van der Waals surface area contributed by atoms with Crippen LogP contribution in [0.25, 0.3) is 6.08 Å². The van der Waals surface area contributed by atoms with Gasteiger partial charge in [-0.05, 0) is 55.0 Å². The summed E-state index contributed by atoms with van der Waals surface area (Å²) in [7, 11) is 1.48. The van der Waals surface area contributed by atoms with Crippen LogP contribution in [0.15, 0.2) is 56.0 Å². The monoisotopic (exact) mass is 506 g/mol. The van der Waals surface area contributed by atoms with Crippen molar-refractivity contribution in [3.63, 3.8) is 0 Å². The van der Waals surface area contributed by atoms with Gasteiger partial charge in [0.15, 0.2) is 11.5 Å². The number of methoxy groups -OCH3 is 1. The smallest absolute Gasteiger partial charge is 0.308 e. The van der Waals surface area contributed by atoms with E-state index >= 15 is 0 Å². The molecule has 0 unspecified atom stereocenters. The maximum absolute atomic E-state index is 12.9. The Labute approximate surface area is 179 Å². The fourth-order valence-electron chi connectivity index (χ4n) is 2.65. The van der Waals surface area contributed by atoms with Crippen molar-refractivity contribution in [3.05, 3.63) is 56.5 Å². The molecule has 0 aromatic heterocycles. The molecular formula is C20H16Br2N2O4. The third-order valence-electron chi connectivity index (χ3n) is 3.97. The maximum Gasteiger partial charge on any atom is 0.308 e. The molecule has 0 saturated heterocycles. The van der Waals surface area contributed by atoms with E-state index in [4.69, 9.17) is 9.47 Å². The number of hydrazone groups is 1. The average Bonchev–Trinajstić information content (AvgIpc) is 2.92. The molecule has 0 radical (unpaired) electrons. The van der Waals surface area contributed by atoms with Crippen molar-refractivity contribution < 1.29 is 19.1 Å². The first-order valence-corrected chi connectivity index (χ1v) is 9.82. The second-order valence-electron chi connectivity index (χ2n) is 5.96. The Morgan fingerprint density at radius 2 is 1.82 bits per heavy atom. The van der Waals surface area contributed by atoms with Gasteiger partial charge in [-0.25, -0.2) is 0 Å². The topological polar surface area (TPSA) is 68.2 Å². The molecule has 6 nitrogen and oxygen atoms in total. The quantitative estimate of drug-likeness (QED) is 0.333. The minimum atomic E-state index is -0.449. The van der Waals surface area contributed by atoms with Gasteiger partial charge in [0.1, 0.15) is 0 Å². The van der Waals surface area contributed by atoms with E-state index in [1.807, 2.05) is 24.3 Å². The van der Waals surface area contributed by atoms with Crippen LogP contribution in [0.5, 0.6) is 11.5 Å². The van der Waals surface area contributed by atoms with E-state index in [0.717, 1.165) is 4.47 Å². The molecule has 0 spiro atoms. The van der Waals surface area contributed by atoms with Gasteiger partial charge in [0.05, 0.1) is 24.1 Å². The number of amides is 1. The SMILES string of the molecule is COc1cc(/C=C2/C(=O)N(c3ccc(Br)cc3)N=C2C)c(Br)cc1OC(C)=O. The van der Waals surface area contributed by atoms with E-state index in [1.54, 1.807) is 25.1 Å². The zero-order chi connectivity index (χ0) is 20.4. The molecular weight excluding hydrogens is 492 g/mol. The molecule has 0 saturated carbocycles. The lowest BCUT2D eigenvalue weighted by Gasteiger charge is -2.12. The summed E-state index contributed by atoms with van der Waals surface area (Å²) >= 11 is 6.83. The summed E-state index contributed by atoms with van der Waals surface area (Å²) in [6.07, 6.45) is 1.73. The lowest BCUT2D eigenvalue weighted by atomic mass is 10.1. The predicted molar refractivity (Wildman–Crippen MR) is 115 cm³/mol. The summed E-state index contributed by atoms with van der Waals surface area (Å²) in [5.41, 5.74) is 2.44. The number of hydrogen-bond donors (Lipinski definition) is 0. The molecule has 8 heteroatoms. The van der Waals surface area contributed by atoms with Gasteiger partial charge in [-0.2, -0.15) is 10.1 Å². The maximum atomic E-state index is 12.9. The van der Waals surface area contributed by atoms with Gasteiger partial charge in [-0.1, -0.05) is 31.9 Å². The van der Waals surface area contributed by atoms with Crippen molar-refractivity contribution in [2.24, 2.45) is 5.10 Å². The first-order valence-electron chi connectivity index (χ1n) is 8.23. The van der Waals surface area contributed by atoms with Crippen LogP contribution in [0.4, 0.5) is 5.69 Å². The van der Waals surface area contributed by atoms with Gasteiger partial charge < -0.3 is 9.47 Å². The highest BCUT2D eigenvalue weighted by atomic mass is 79.9. The zero-order valence-electron chi connectivity index (χ0n) is 15.3. The number of anilines is 1. The van der Waals surface area contributed by atoms with Crippen LogP contribution in [0.2, 0.25) is 0 Å². The number of ether oxygens (including phenoxy) is 2. The van der Waals surface area contributed by atoms with E-state index < -0.39 is 5.97 Å². The Morgan fingerprint density at radius 1 is 1.14 bits per heavy atom. The summed E-state index contributed by atoms with van der Waals surface area (Å²) in [6, 6.07) is 10.7. The van der Waals surface area contributed by atoms with Crippen molar-refractivity contribution in [2.45, 2.75) is 13.8 Å². The number of halogens is 2. The Morgan fingerprint density at radius 3 is 2.43 bits per heavy atom. The highest BCUT2D eigenvalue weighted by Gasteiger charge is 2.29. The lowest BCUT2D eigenvalue weighted by Crippen LogP contribution is -2.21. The number of benzene rings is 2. The minimum Gasteiger partial charge on any atom is -0.493 e. The molecule has 0 aliphatic carbocycles. The van der Waals surface area contributed by atoms with Gasteiger partial charge >= 0.3 is 5.97 Å². The second-order valence-corrected chi connectivity index (χ2v) is 7.73. The number of esters is 1. The van der Waals surface area contributed by atoms with Crippen LogP contribution in [-0.4, -0.2) is 24.7 Å². The van der Waals surface area contributed by atoms with Crippen LogP contribution in [0.3, 0.4) is 0 Å². The van der Waals surface area contributed by atoms with Gasteiger partial charge in [0.25, 0.3) is 5.91 Å². The van der Waals surface area contributed by atoms with E-state index in [9.17, 15) is 9.59 Å². The van der Waals surface area contributed by atoms with E-state index in [2.05, 4.69) is 37.0 Å². The number of carbonyl (C=O) groups is 2. The Hall–Kier alpha value is -2.45. The zero-order valence-corrected chi connectivity index (χ0v) is 18.5. The molecule has 1 aliphatic heterocycles. The van der Waals surface area contributed by atoms with Crippen LogP contribution in [-0.2, 0) is 9.59 Å². The average molecular weight is 508 g/mol. The van der Waals surface area contributed by atoms with Crippen molar-refractivity contribution in [3.8, 4) is 11.5 Å². The molecule has 1 aliphatic rings. The summed E-state index contributed by atoms with van der Waals surface area (Å²) in [4.78, 5) is 24.2. The molecule has 1 heterocycles. The Balaban J connectivity index is 1.97. The molecule has 0 atom stereocenters. The fourth-order valence-corrected chi connectivity index (χ4v) is 3.35. The van der Waals surface area contributed by atoms with Gasteiger partial charge in [0.2, 0.25) is 0 Å². The molecule has 2 aromatic carbocycles. The highest BCUT2D eigenvalue weighted by Crippen LogP contribution is 2.35. The fraction of sp³-hybridized carbons (Fsp3) is 0.150. The molecule has 28 heavy (non-hydrogen) atoms. The first kappa shape index (κ1) is 20.3. The minimum absolute atomic E-state index is 0.227. The first-order chi connectivity index (χ1) is 13.3. The number of rotatable bonds is 4. The van der Waals surface area contributed by atoms with Crippen LogP contribution in [0.1, 0.15) is 19.4 Å². The van der Waals surface area contributed by atoms with Crippen molar-refractivity contribution >= 4 is 61.2 Å². The summed E-state index contributed by atoms with van der Waals surface area (Å²) in [5, 5.41) is 5.74. The molecule has 3 rings (SSSR count). The molecule has 144 valence electrons. The molecule has 0 N–H and O–H groups in total. The standard InChI is InChI=1S/C20H16Br2N2O4/c1-11-16(20(26)24(23-11)15-6-4-14(21)5-7-15)8-13-9-18(27-3)19(10-17(13)22)28-12(2)25/h4-10H,1-3H3/b16-8+. The van der Waals surface area contributed by atoms with E-state index in [0.29, 0.717) is 38.5 Å². The third-order valence-corrected chi connectivity index (χ3v) is 5.19. The van der Waals surface area contributed by atoms with Crippen LogP contribution < -0.4 is 14.5 Å². The van der Waals surface area contributed by atoms with Crippen molar-refractivity contribution in [1.29, 1.82) is 0 Å².